The fourth-order valence-electron chi connectivity index (χ4n) is 2.28. The first-order valence-corrected chi connectivity index (χ1v) is 6.84. The van der Waals surface area contributed by atoms with Crippen molar-refractivity contribution in [3.05, 3.63) is 47.3 Å². The number of carbonyl (C=O) groups excluding carboxylic acids is 1. The van der Waals surface area contributed by atoms with Crippen LogP contribution in [0.4, 0.5) is 22.0 Å². The molecule has 0 bridgehead atoms. The van der Waals surface area contributed by atoms with Gasteiger partial charge in [0.25, 0.3) is 0 Å². The zero-order valence-electron chi connectivity index (χ0n) is 13.1. The summed E-state index contributed by atoms with van der Waals surface area (Å²) in [6.45, 7) is 0. The summed E-state index contributed by atoms with van der Waals surface area (Å²) in [4.78, 5) is 12.3. The number of aromatic nitrogens is 2. The second-order valence-electron chi connectivity index (χ2n) is 5.30. The molecule has 1 N–H and O–H groups in total. The molecule has 0 saturated heterocycles. The molecule has 0 fully saturated rings. The lowest BCUT2D eigenvalue weighted by Gasteiger charge is -2.29. The quantitative estimate of drug-likeness (QED) is 0.655. The summed E-state index contributed by atoms with van der Waals surface area (Å²) in [5.74, 6) is -4.95. The van der Waals surface area contributed by atoms with Crippen molar-refractivity contribution in [2.45, 2.75) is 18.2 Å². The zero-order chi connectivity index (χ0) is 19.0. The Hall–Kier alpha value is -2.49. The number of hydrogen-bond donors (Lipinski definition) is 1. The highest BCUT2D eigenvalue weighted by Gasteiger charge is 2.56. The number of carbonyl (C=O) groups is 1. The Morgan fingerprint density at radius 3 is 2.44 bits per heavy atom. The number of halogens is 5. The summed E-state index contributed by atoms with van der Waals surface area (Å²) < 4.78 is 72.6. The van der Waals surface area contributed by atoms with Crippen molar-refractivity contribution >= 4 is 5.78 Å². The summed E-state index contributed by atoms with van der Waals surface area (Å²) in [6, 6.07) is 1.38. The molecule has 1 unspecified atom stereocenters. The summed E-state index contributed by atoms with van der Waals surface area (Å²) in [6.07, 6.45) is -4.99. The van der Waals surface area contributed by atoms with Crippen molar-refractivity contribution in [1.82, 2.24) is 9.78 Å². The highest BCUT2D eigenvalue weighted by atomic mass is 19.4. The molecule has 1 atom stereocenters. The van der Waals surface area contributed by atoms with Crippen LogP contribution in [0.5, 0.6) is 5.75 Å². The number of nitrogens with zero attached hydrogens (tertiary/aromatic N) is 2. The molecule has 2 rings (SSSR count). The van der Waals surface area contributed by atoms with E-state index in [1.165, 1.54) is 7.05 Å². The van der Waals surface area contributed by atoms with E-state index < -0.39 is 52.5 Å². The van der Waals surface area contributed by atoms with Crippen LogP contribution in [-0.4, -0.2) is 34.0 Å². The molecule has 0 aliphatic heterocycles. The van der Waals surface area contributed by atoms with E-state index in [1.54, 1.807) is 0 Å². The molecule has 0 amide bonds. The van der Waals surface area contributed by atoms with Gasteiger partial charge in [0.2, 0.25) is 5.82 Å². The van der Waals surface area contributed by atoms with Gasteiger partial charge < -0.3 is 9.84 Å². The Kier molecular flexibility index (Phi) is 4.85. The minimum absolute atomic E-state index is 0.585. The highest BCUT2D eigenvalue weighted by molar-refractivity contribution is 5.99. The fourth-order valence-corrected chi connectivity index (χ4v) is 2.28. The van der Waals surface area contributed by atoms with Gasteiger partial charge in [-0.15, -0.1) is 0 Å². The average Bonchev–Trinajstić information content (AvgIpc) is 2.95. The van der Waals surface area contributed by atoms with Crippen molar-refractivity contribution in [3.8, 4) is 5.75 Å². The first kappa shape index (κ1) is 18.8. The van der Waals surface area contributed by atoms with Gasteiger partial charge in [-0.05, 0) is 12.1 Å². The summed E-state index contributed by atoms with van der Waals surface area (Å²) >= 11 is 0. The topological polar surface area (TPSA) is 64.3 Å². The lowest BCUT2D eigenvalue weighted by molar-refractivity contribution is -0.264. The van der Waals surface area contributed by atoms with E-state index in [2.05, 4.69) is 9.84 Å². The van der Waals surface area contributed by atoms with Crippen molar-refractivity contribution in [1.29, 1.82) is 0 Å². The first-order chi connectivity index (χ1) is 11.5. The number of alkyl halides is 3. The maximum Gasteiger partial charge on any atom is 0.422 e. The first-order valence-electron chi connectivity index (χ1n) is 6.84. The summed E-state index contributed by atoms with van der Waals surface area (Å²) in [5.41, 5.74) is -4.82. The SMILES string of the molecule is COc1c(C(=O)CC(O)(c2cnn(C)c2)C(F)(F)F)ccc(F)c1F. The molecule has 1 aromatic heterocycles. The minimum atomic E-state index is -5.21. The van der Waals surface area contributed by atoms with E-state index in [0.29, 0.717) is 6.07 Å². The van der Waals surface area contributed by atoms with E-state index in [1.807, 2.05) is 0 Å². The van der Waals surface area contributed by atoms with Crippen LogP contribution in [0.25, 0.3) is 0 Å². The average molecular weight is 364 g/mol. The van der Waals surface area contributed by atoms with Crippen LogP contribution in [0.1, 0.15) is 22.3 Å². The third-order valence-electron chi connectivity index (χ3n) is 3.62. The van der Waals surface area contributed by atoms with Crippen LogP contribution < -0.4 is 4.74 Å². The maximum atomic E-state index is 13.7. The third-order valence-corrected chi connectivity index (χ3v) is 3.62. The predicted molar refractivity (Wildman–Crippen MR) is 75.0 cm³/mol. The molecule has 0 spiro atoms. The van der Waals surface area contributed by atoms with Gasteiger partial charge in [-0.25, -0.2) is 4.39 Å². The number of aliphatic hydroxyl groups is 1. The van der Waals surface area contributed by atoms with Crippen LogP contribution in [0.15, 0.2) is 24.5 Å². The molecule has 2 aromatic rings. The predicted octanol–water partition coefficient (Wildman–Crippen LogP) is 2.73. The molecule has 25 heavy (non-hydrogen) atoms. The van der Waals surface area contributed by atoms with Crippen LogP contribution in [0.3, 0.4) is 0 Å². The molecular weight excluding hydrogens is 351 g/mol. The minimum Gasteiger partial charge on any atom is -0.493 e. The Morgan fingerprint density at radius 1 is 1.32 bits per heavy atom. The third kappa shape index (κ3) is 3.34. The number of benzene rings is 1. The van der Waals surface area contributed by atoms with Crippen molar-refractivity contribution in [2.75, 3.05) is 7.11 Å². The number of ether oxygens (including phenoxy) is 1. The van der Waals surface area contributed by atoms with Gasteiger partial charge in [-0.1, -0.05) is 0 Å². The Bertz CT molecular complexity index is 803. The van der Waals surface area contributed by atoms with Gasteiger partial charge >= 0.3 is 6.18 Å². The van der Waals surface area contributed by atoms with Crippen LogP contribution in [0, 0.1) is 11.6 Å². The highest BCUT2D eigenvalue weighted by Crippen LogP contribution is 2.42. The molecular formula is C15H13F5N2O3. The Morgan fingerprint density at radius 2 is 1.96 bits per heavy atom. The monoisotopic (exact) mass is 364 g/mol. The van der Waals surface area contributed by atoms with E-state index >= 15 is 0 Å². The molecule has 0 aliphatic carbocycles. The number of methoxy groups -OCH3 is 1. The largest absolute Gasteiger partial charge is 0.493 e. The molecule has 5 nitrogen and oxygen atoms in total. The van der Waals surface area contributed by atoms with E-state index in [9.17, 15) is 31.9 Å². The molecule has 0 radical (unpaired) electrons. The van der Waals surface area contributed by atoms with Crippen LogP contribution in [0.2, 0.25) is 0 Å². The number of Topliss-reactive ketones (excluding diaryl/α,β-unsaturated/α-hetero) is 1. The van der Waals surface area contributed by atoms with E-state index in [0.717, 1.165) is 30.3 Å². The lowest BCUT2D eigenvalue weighted by Crippen LogP contribution is -2.44. The van der Waals surface area contributed by atoms with E-state index in [-0.39, 0.29) is 0 Å². The van der Waals surface area contributed by atoms with Crippen LogP contribution in [-0.2, 0) is 12.6 Å². The Balaban J connectivity index is 2.48. The van der Waals surface area contributed by atoms with Crippen LogP contribution >= 0.6 is 0 Å². The molecule has 136 valence electrons. The van der Waals surface area contributed by atoms with Gasteiger partial charge in [-0.3, -0.25) is 9.48 Å². The normalized spacial score (nSPS) is 14.2. The number of ketones is 1. The molecule has 10 heteroatoms. The smallest absolute Gasteiger partial charge is 0.422 e. The molecule has 0 aliphatic rings. The van der Waals surface area contributed by atoms with Gasteiger partial charge in [0.1, 0.15) is 0 Å². The van der Waals surface area contributed by atoms with E-state index in [4.69, 9.17) is 0 Å². The standard InChI is InChI=1S/C15H13F5N2O3/c1-22-7-8(6-21-22)14(24,15(18,19)20)5-11(23)9-3-4-10(16)12(17)13(9)25-2/h3-4,6-7,24H,5H2,1-2H3. The fraction of sp³-hybridized carbons (Fsp3) is 0.333. The van der Waals surface area contributed by atoms with Gasteiger partial charge in [-0.2, -0.15) is 22.7 Å². The molecule has 1 aromatic carbocycles. The second kappa shape index (κ2) is 6.43. The van der Waals surface area contributed by atoms with Crippen molar-refractivity contribution in [3.63, 3.8) is 0 Å². The lowest BCUT2D eigenvalue weighted by atomic mass is 9.88. The van der Waals surface area contributed by atoms with Crippen molar-refractivity contribution in [2.24, 2.45) is 7.05 Å². The van der Waals surface area contributed by atoms with Crippen molar-refractivity contribution < 1.29 is 36.6 Å². The Labute approximate surface area is 138 Å². The number of aryl methyl sites for hydroxylation is 1. The van der Waals surface area contributed by atoms with Gasteiger partial charge in [0, 0.05) is 18.8 Å². The summed E-state index contributed by atoms with van der Waals surface area (Å²) in [7, 11) is 2.27. The zero-order valence-corrected chi connectivity index (χ0v) is 13.1. The number of rotatable bonds is 5. The second-order valence-corrected chi connectivity index (χ2v) is 5.30. The van der Waals surface area contributed by atoms with Gasteiger partial charge in [0.05, 0.1) is 25.3 Å². The molecule has 0 saturated carbocycles. The maximum absolute atomic E-state index is 13.7. The summed E-state index contributed by atoms with van der Waals surface area (Å²) in [5, 5.41) is 13.7. The molecule has 1 heterocycles. The number of hydrogen-bond acceptors (Lipinski definition) is 4. The van der Waals surface area contributed by atoms with Gasteiger partial charge in [0.15, 0.2) is 23.0 Å².